The molecule has 0 spiro atoms. The molecule has 3 nitrogen and oxygen atoms in total. The van der Waals surface area contributed by atoms with Crippen molar-refractivity contribution >= 4 is 17.2 Å². The topological polar surface area (TPSA) is 55.1 Å². The van der Waals surface area contributed by atoms with Gasteiger partial charge in [-0.25, -0.2) is 0 Å². The first-order valence-corrected chi connectivity index (χ1v) is 8.01. The highest BCUT2D eigenvalue weighted by Crippen LogP contribution is 2.16. The minimum Gasteiger partial charge on any atom is -0.352 e. The molecule has 2 atom stereocenters. The zero-order chi connectivity index (χ0) is 15.2. The first kappa shape index (κ1) is 15.7. The molecule has 2 rings (SSSR count). The van der Waals surface area contributed by atoms with E-state index in [-0.39, 0.29) is 11.9 Å². The van der Waals surface area contributed by atoms with Gasteiger partial charge in [0, 0.05) is 22.2 Å². The number of thiophene rings is 1. The Kier molecular flexibility index (Phi) is 5.53. The second-order valence-corrected chi connectivity index (χ2v) is 6.79. The number of benzene rings is 1. The SMILES string of the molecule is Cc1ccc(CC(C)NC(=O)C(N)Cc2ccccc2)s1. The molecule has 0 bridgehead atoms. The van der Waals surface area contributed by atoms with Crippen molar-refractivity contribution in [2.75, 3.05) is 0 Å². The Morgan fingerprint density at radius 2 is 1.90 bits per heavy atom. The molecule has 2 unspecified atom stereocenters. The normalized spacial score (nSPS) is 13.7. The molecule has 0 saturated carbocycles. The van der Waals surface area contributed by atoms with Crippen LogP contribution in [0.2, 0.25) is 0 Å². The second kappa shape index (κ2) is 7.38. The highest BCUT2D eigenvalue weighted by Gasteiger charge is 2.16. The van der Waals surface area contributed by atoms with Gasteiger partial charge in [-0.2, -0.15) is 0 Å². The number of hydrogen-bond donors (Lipinski definition) is 2. The zero-order valence-corrected chi connectivity index (χ0v) is 13.3. The fourth-order valence-corrected chi connectivity index (χ4v) is 3.28. The Labute approximate surface area is 130 Å². The summed E-state index contributed by atoms with van der Waals surface area (Å²) in [7, 11) is 0. The summed E-state index contributed by atoms with van der Waals surface area (Å²) in [5, 5.41) is 3.00. The summed E-state index contributed by atoms with van der Waals surface area (Å²) in [5.41, 5.74) is 7.07. The van der Waals surface area contributed by atoms with Gasteiger partial charge in [0.1, 0.15) is 0 Å². The van der Waals surface area contributed by atoms with Crippen LogP contribution in [-0.2, 0) is 17.6 Å². The number of carbonyl (C=O) groups excluding carboxylic acids is 1. The predicted molar refractivity (Wildman–Crippen MR) is 88.5 cm³/mol. The third-order valence-electron chi connectivity index (χ3n) is 3.33. The lowest BCUT2D eigenvalue weighted by atomic mass is 10.1. The molecular weight excluding hydrogens is 280 g/mol. The Bertz CT molecular complexity index is 579. The van der Waals surface area contributed by atoms with E-state index in [1.165, 1.54) is 9.75 Å². The average molecular weight is 302 g/mol. The lowest BCUT2D eigenvalue weighted by Gasteiger charge is -2.17. The third kappa shape index (κ3) is 4.99. The van der Waals surface area contributed by atoms with Crippen LogP contribution in [0.1, 0.15) is 22.2 Å². The third-order valence-corrected chi connectivity index (χ3v) is 4.35. The molecule has 1 heterocycles. The van der Waals surface area contributed by atoms with Crippen LogP contribution >= 0.6 is 11.3 Å². The zero-order valence-electron chi connectivity index (χ0n) is 12.5. The molecule has 0 aliphatic carbocycles. The lowest BCUT2D eigenvalue weighted by Crippen LogP contribution is -2.46. The molecule has 1 aromatic heterocycles. The van der Waals surface area contributed by atoms with E-state index >= 15 is 0 Å². The van der Waals surface area contributed by atoms with Gasteiger partial charge in [-0.05, 0) is 38.0 Å². The molecule has 0 aliphatic rings. The van der Waals surface area contributed by atoms with Gasteiger partial charge >= 0.3 is 0 Å². The van der Waals surface area contributed by atoms with Crippen LogP contribution in [0, 0.1) is 6.92 Å². The van der Waals surface area contributed by atoms with Crippen molar-refractivity contribution in [3.05, 3.63) is 57.8 Å². The van der Waals surface area contributed by atoms with Gasteiger partial charge < -0.3 is 11.1 Å². The number of nitrogens with two attached hydrogens (primary N) is 1. The maximum atomic E-state index is 12.1. The van der Waals surface area contributed by atoms with Crippen LogP contribution < -0.4 is 11.1 Å². The maximum absolute atomic E-state index is 12.1. The first-order chi connectivity index (χ1) is 10.0. The van der Waals surface area contributed by atoms with Crippen LogP contribution in [0.15, 0.2) is 42.5 Å². The van der Waals surface area contributed by atoms with Crippen molar-refractivity contribution in [3.63, 3.8) is 0 Å². The number of hydrogen-bond acceptors (Lipinski definition) is 3. The minimum atomic E-state index is -0.500. The van der Waals surface area contributed by atoms with Gasteiger partial charge in [0.2, 0.25) is 5.91 Å². The summed E-state index contributed by atoms with van der Waals surface area (Å²) in [5.74, 6) is -0.0837. The molecule has 0 saturated heterocycles. The van der Waals surface area contributed by atoms with Crippen molar-refractivity contribution in [1.82, 2.24) is 5.32 Å². The number of carbonyl (C=O) groups is 1. The lowest BCUT2D eigenvalue weighted by molar-refractivity contribution is -0.122. The van der Waals surface area contributed by atoms with E-state index in [4.69, 9.17) is 5.73 Å². The average Bonchev–Trinajstić information content (AvgIpc) is 2.84. The summed E-state index contributed by atoms with van der Waals surface area (Å²) < 4.78 is 0. The van der Waals surface area contributed by atoms with Gasteiger partial charge in [0.05, 0.1) is 6.04 Å². The molecule has 2 aromatic rings. The summed E-state index contributed by atoms with van der Waals surface area (Å²) in [6, 6.07) is 13.7. The van der Waals surface area contributed by atoms with E-state index in [0.29, 0.717) is 6.42 Å². The molecule has 0 aliphatic heterocycles. The first-order valence-electron chi connectivity index (χ1n) is 7.20. The number of aryl methyl sites for hydroxylation is 1. The van der Waals surface area contributed by atoms with Crippen molar-refractivity contribution in [3.8, 4) is 0 Å². The predicted octanol–water partition coefficient (Wildman–Crippen LogP) is 2.67. The van der Waals surface area contributed by atoms with Crippen molar-refractivity contribution in [2.45, 2.75) is 38.8 Å². The second-order valence-electron chi connectivity index (χ2n) is 5.42. The number of nitrogens with one attached hydrogen (secondary N) is 1. The fourth-order valence-electron chi connectivity index (χ4n) is 2.26. The van der Waals surface area contributed by atoms with Crippen LogP contribution in [0.4, 0.5) is 0 Å². The van der Waals surface area contributed by atoms with Crippen LogP contribution in [0.5, 0.6) is 0 Å². The molecule has 1 amide bonds. The number of rotatable bonds is 6. The Hall–Kier alpha value is -1.65. The highest BCUT2D eigenvalue weighted by molar-refractivity contribution is 7.11. The molecule has 3 N–H and O–H groups in total. The van der Waals surface area contributed by atoms with Crippen LogP contribution in [0.3, 0.4) is 0 Å². The van der Waals surface area contributed by atoms with Crippen molar-refractivity contribution < 1.29 is 4.79 Å². The Morgan fingerprint density at radius 1 is 1.19 bits per heavy atom. The standard InChI is InChI=1S/C17H22N2OS/c1-12(10-15-9-8-13(2)21-15)19-17(20)16(18)11-14-6-4-3-5-7-14/h3-9,12,16H,10-11,18H2,1-2H3,(H,19,20). The van der Waals surface area contributed by atoms with Gasteiger partial charge in [-0.3, -0.25) is 4.79 Å². The summed E-state index contributed by atoms with van der Waals surface area (Å²) in [6.07, 6.45) is 1.42. The van der Waals surface area contributed by atoms with Gasteiger partial charge in [-0.1, -0.05) is 30.3 Å². The van der Waals surface area contributed by atoms with E-state index in [0.717, 1.165) is 12.0 Å². The van der Waals surface area contributed by atoms with E-state index in [1.54, 1.807) is 11.3 Å². The summed E-state index contributed by atoms with van der Waals surface area (Å²) >= 11 is 1.77. The highest BCUT2D eigenvalue weighted by atomic mass is 32.1. The van der Waals surface area contributed by atoms with Gasteiger partial charge in [-0.15, -0.1) is 11.3 Å². The van der Waals surface area contributed by atoms with Gasteiger partial charge in [0.25, 0.3) is 0 Å². The molecular formula is C17H22N2OS. The summed E-state index contributed by atoms with van der Waals surface area (Å²) in [4.78, 5) is 14.7. The Balaban J connectivity index is 1.82. The van der Waals surface area contributed by atoms with E-state index in [2.05, 4.69) is 24.4 Å². The van der Waals surface area contributed by atoms with Crippen LogP contribution in [0.25, 0.3) is 0 Å². The summed E-state index contributed by atoms with van der Waals surface area (Å²) in [6.45, 7) is 4.11. The molecule has 0 radical (unpaired) electrons. The Morgan fingerprint density at radius 3 is 2.52 bits per heavy atom. The molecule has 4 heteroatoms. The van der Waals surface area contributed by atoms with E-state index < -0.39 is 6.04 Å². The quantitative estimate of drug-likeness (QED) is 0.862. The number of amides is 1. The molecule has 21 heavy (non-hydrogen) atoms. The van der Waals surface area contributed by atoms with Crippen molar-refractivity contribution in [1.29, 1.82) is 0 Å². The maximum Gasteiger partial charge on any atom is 0.237 e. The van der Waals surface area contributed by atoms with Crippen LogP contribution in [-0.4, -0.2) is 18.0 Å². The van der Waals surface area contributed by atoms with Gasteiger partial charge in [0.15, 0.2) is 0 Å². The minimum absolute atomic E-state index is 0.0837. The molecule has 1 aromatic carbocycles. The largest absolute Gasteiger partial charge is 0.352 e. The fraction of sp³-hybridized carbons (Fsp3) is 0.353. The molecule has 112 valence electrons. The monoisotopic (exact) mass is 302 g/mol. The van der Waals surface area contributed by atoms with E-state index in [9.17, 15) is 4.79 Å². The van der Waals surface area contributed by atoms with E-state index in [1.807, 2.05) is 37.3 Å². The van der Waals surface area contributed by atoms with Crippen molar-refractivity contribution in [2.24, 2.45) is 5.73 Å². The molecule has 0 fully saturated rings. The smallest absolute Gasteiger partial charge is 0.237 e.